The fraction of sp³-hybridized carbons (Fsp3) is 0.0588. The Kier molecular flexibility index (Phi) is 4.76. The van der Waals surface area contributed by atoms with E-state index in [0.29, 0.717) is 15.0 Å². The van der Waals surface area contributed by atoms with Crippen molar-refractivity contribution in [1.82, 2.24) is 4.90 Å². The average Bonchev–Trinajstić information content (AvgIpc) is 2.77. The lowest BCUT2D eigenvalue weighted by Crippen LogP contribution is -2.27. The topological polar surface area (TPSA) is 37.4 Å². The average molecular weight is 364 g/mol. The summed E-state index contributed by atoms with van der Waals surface area (Å²) in [6, 6.07) is 14.2. The van der Waals surface area contributed by atoms with E-state index in [1.807, 2.05) is 6.07 Å². The number of carbonyl (C=O) groups excluding carboxylic acids is 2. The van der Waals surface area contributed by atoms with E-state index in [1.54, 1.807) is 48.5 Å². The predicted octanol–water partition coefficient (Wildman–Crippen LogP) is 5.23. The lowest BCUT2D eigenvalue weighted by atomic mass is 10.2. The quantitative estimate of drug-likeness (QED) is 0.700. The van der Waals surface area contributed by atoms with Crippen molar-refractivity contribution >= 4 is 52.2 Å². The molecule has 1 aliphatic rings. The van der Waals surface area contributed by atoms with Gasteiger partial charge in [0, 0.05) is 10.0 Å². The number of nitrogens with zero attached hydrogens (tertiary/aromatic N) is 1. The molecule has 0 atom stereocenters. The highest BCUT2D eigenvalue weighted by Gasteiger charge is 2.34. The molecule has 1 saturated heterocycles. The lowest BCUT2D eigenvalue weighted by molar-refractivity contribution is -0.123. The van der Waals surface area contributed by atoms with E-state index in [0.717, 1.165) is 22.9 Å². The van der Waals surface area contributed by atoms with Crippen LogP contribution >= 0.6 is 35.0 Å². The molecule has 0 spiro atoms. The molecule has 3 nitrogen and oxygen atoms in total. The lowest BCUT2D eigenvalue weighted by Gasteiger charge is -2.12. The maximum atomic E-state index is 12.4. The van der Waals surface area contributed by atoms with Gasteiger partial charge in [0.05, 0.1) is 11.4 Å². The molecular weight excluding hydrogens is 353 g/mol. The van der Waals surface area contributed by atoms with Crippen LogP contribution in [0.15, 0.2) is 53.4 Å². The molecule has 3 rings (SSSR count). The van der Waals surface area contributed by atoms with E-state index in [2.05, 4.69) is 0 Å². The number of imide groups is 1. The second-order valence-corrected chi connectivity index (χ2v) is 6.82. The fourth-order valence-electron chi connectivity index (χ4n) is 2.16. The molecular formula is C17H11Cl2NO2S. The molecule has 2 amide bonds. The summed E-state index contributed by atoms with van der Waals surface area (Å²) >= 11 is 12.7. The molecule has 0 unspecified atom stereocenters. The Morgan fingerprint density at radius 3 is 2.43 bits per heavy atom. The van der Waals surface area contributed by atoms with Crippen LogP contribution in [0.2, 0.25) is 10.0 Å². The fourth-order valence-corrected chi connectivity index (χ4v) is 3.32. The third-order valence-corrected chi connectivity index (χ3v) is 4.67. The number of rotatable bonds is 3. The smallest absolute Gasteiger partial charge is 0.268 e. The molecule has 1 aliphatic heterocycles. The van der Waals surface area contributed by atoms with Gasteiger partial charge in [0.15, 0.2) is 0 Å². The van der Waals surface area contributed by atoms with Crippen molar-refractivity contribution in [2.24, 2.45) is 0 Å². The van der Waals surface area contributed by atoms with Crippen molar-refractivity contribution in [2.45, 2.75) is 6.54 Å². The largest absolute Gasteiger partial charge is 0.293 e. The molecule has 23 heavy (non-hydrogen) atoms. The van der Waals surface area contributed by atoms with Crippen molar-refractivity contribution in [1.29, 1.82) is 0 Å². The first-order valence-corrected chi connectivity index (χ1v) is 8.35. The molecule has 0 bridgehead atoms. The molecule has 6 heteroatoms. The minimum Gasteiger partial charge on any atom is -0.268 e. The molecule has 1 heterocycles. The summed E-state index contributed by atoms with van der Waals surface area (Å²) < 4.78 is 0. The summed E-state index contributed by atoms with van der Waals surface area (Å²) in [6.45, 7) is 0.231. The molecule has 116 valence electrons. The van der Waals surface area contributed by atoms with Crippen LogP contribution in [0.5, 0.6) is 0 Å². The van der Waals surface area contributed by atoms with Crippen LogP contribution in [0.4, 0.5) is 4.79 Å². The molecule has 2 aromatic rings. The summed E-state index contributed by atoms with van der Waals surface area (Å²) in [5.74, 6) is -0.296. The maximum Gasteiger partial charge on any atom is 0.293 e. The normalized spacial score (nSPS) is 16.4. The Balaban J connectivity index is 1.81. The molecule has 2 aromatic carbocycles. The minimum absolute atomic E-state index is 0.231. The van der Waals surface area contributed by atoms with Gasteiger partial charge in [0.25, 0.3) is 11.1 Å². The van der Waals surface area contributed by atoms with Crippen LogP contribution in [-0.2, 0) is 11.3 Å². The Labute approximate surface area is 147 Å². The Morgan fingerprint density at radius 1 is 1.00 bits per heavy atom. The zero-order valence-electron chi connectivity index (χ0n) is 11.8. The van der Waals surface area contributed by atoms with Crippen molar-refractivity contribution in [2.75, 3.05) is 0 Å². The summed E-state index contributed by atoms with van der Waals surface area (Å²) in [7, 11) is 0. The van der Waals surface area contributed by atoms with Gasteiger partial charge in [-0.3, -0.25) is 14.5 Å². The Morgan fingerprint density at radius 2 is 1.74 bits per heavy atom. The van der Waals surface area contributed by atoms with Crippen molar-refractivity contribution in [3.63, 3.8) is 0 Å². The van der Waals surface area contributed by atoms with Gasteiger partial charge in [-0.05, 0) is 53.2 Å². The van der Waals surface area contributed by atoms with Crippen LogP contribution in [-0.4, -0.2) is 16.0 Å². The standard InChI is InChI=1S/C17H11Cl2NO2S/c18-13-6-4-11(5-7-13)10-20-16(21)15(23-17(20)22)9-12-2-1-3-14(19)8-12/h1-9H,10H2/b15-9-. The van der Waals surface area contributed by atoms with Gasteiger partial charge in [-0.2, -0.15) is 0 Å². The minimum atomic E-state index is -0.296. The van der Waals surface area contributed by atoms with Crippen molar-refractivity contribution in [3.8, 4) is 0 Å². The number of hydrogen-bond donors (Lipinski definition) is 0. The second kappa shape index (κ2) is 6.79. The van der Waals surface area contributed by atoms with E-state index >= 15 is 0 Å². The van der Waals surface area contributed by atoms with E-state index in [1.165, 1.54) is 4.90 Å². The first-order valence-electron chi connectivity index (χ1n) is 6.78. The summed E-state index contributed by atoms with van der Waals surface area (Å²) in [5.41, 5.74) is 1.63. The Bertz CT molecular complexity index is 802. The van der Waals surface area contributed by atoms with Crippen LogP contribution < -0.4 is 0 Å². The van der Waals surface area contributed by atoms with Crippen molar-refractivity contribution in [3.05, 3.63) is 74.6 Å². The van der Waals surface area contributed by atoms with Crippen LogP contribution in [0, 0.1) is 0 Å². The zero-order chi connectivity index (χ0) is 16.4. The molecule has 1 fully saturated rings. The zero-order valence-corrected chi connectivity index (χ0v) is 14.2. The maximum absolute atomic E-state index is 12.4. The van der Waals surface area contributed by atoms with Gasteiger partial charge in [-0.15, -0.1) is 0 Å². The van der Waals surface area contributed by atoms with Gasteiger partial charge >= 0.3 is 0 Å². The SMILES string of the molecule is O=C1S/C(=C\c2cccc(Cl)c2)C(=O)N1Cc1ccc(Cl)cc1. The monoisotopic (exact) mass is 363 g/mol. The van der Waals surface area contributed by atoms with E-state index in [9.17, 15) is 9.59 Å². The molecule has 0 aromatic heterocycles. The predicted molar refractivity (Wildman–Crippen MR) is 94.4 cm³/mol. The third-order valence-electron chi connectivity index (χ3n) is 3.27. The summed E-state index contributed by atoms with van der Waals surface area (Å²) in [4.78, 5) is 26.2. The van der Waals surface area contributed by atoms with Gasteiger partial charge in [-0.25, -0.2) is 0 Å². The number of hydrogen-bond acceptors (Lipinski definition) is 3. The number of carbonyl (C=O) groups is 2. The van der Waals surface area contributed by atoms with E-state index < -0.39 is 0 Å². The van der Waals surface area contributed by atoms with Gasteiger partial charge in [0.2, 0.25) is 0 Å². The highest BCUT2D eigenvalue weighted by molar-refractivity contribution is 8.18. The van der Waals surface area contributed by atoms with Gasteiger partial charge < -0.3 is 0 Å². The molecule has 0 radical (unpaired) electrons. The van der Waals surface area contributed by atoms with Crippen molar-refractivity contribution < 1.29 is 9.59 Å². The first kappa shape index (κ1) is 16.1. The van der Waals surface area contributed by atoms with E-state index in [4.69, 9.17) is 23.2 Å². The number of thioether (sulfide) groups is 1. The summed E-state index contributed by atoms with van der Waals surface area (Å²) in [5, 5.41) is 0.918. The highest BCUT2D eigenvalue weighted by atomic mass is 35.5. The van der Waals surface area contributed by atoms with Crippen LogP contribution in [0.1, 0.15) is 11.1 Å². The van der Waals surface area contributed by atoms with Crippen LogP contribution in [0.25, 0.3) is 6.08 Å². The summed E-state index contributed by atoms with van der Waals surface area (Å²) in [6.07, 6.45) is 1.68. The number of benzene rings is 2. The first-order chi connectivity index (χ1) is 11.0. The second-order valence-electron chi connectivity index (χ2n) is 4.95. The van der Waals surface area contributed by atoms with E-state index in [-0.39, 0.29) is 17.7 Å². The molecule has 0 aliphatic carbocycles. The van der Waals surface area contributed by atoms with Gasteiger partial charge in [-0.1, -0.05) is 47.5 Å². The number of halogens is 2. The third kappa shape index (κ3) is 3.78. The molecule has 0 saturated carbocycles. The number of amides is 2. The Hall–Kier alpha value is -1.75. The van der Waals surface area contributed by atoms with Gasteiger partial charge in [0.1, 0.15) is 0 Å². The highest BCUT2D eigenvalue weighted by Crippen LogP contribution is 2.33. The van der Waals surface area contributed by atoms with Crippen LogP contribution in [0.3, 0.4) is 0 Å². The molecule has 0 N–H and O–H groups in total.